The number of hydrogen-bond donors (Lipinski definition) is 2. The minimum Gasteiger partial charge on any atom is -0.274 e. The lowest BCUT2D eigenvalue weighted by atomic mass is 10.0. The molecular formula is C19H22FN3O3S. The number of pyridine rings is 1. The van der Waals surface area contributed by atoms with Gasteiger partial charge in [0.25, 0.3) is 5.91 Å². The standard InChI is InChI=1S/C19H22FN3O3S/c1-13-18(20)16(12-17(21-13)14-8-4-2-5-9-14)19(24)22-23-27(25,26)15-10-6-3-7-11-15/h2,4-5,8-9,12,15,23H,3,6-7,10-11H2,1H3,(H,22,24). The van der Waals surface area contributed by atoms with Crippen molar-refractivity contribution in [3.8, 4) is 11.3 Å². The highest BCUT2D eigenvalue weighted by Crippen LogP contribution is 2.23. The van der Waals surface area contributed by atoms with E-state index in [4.69, 9.17) is 0 Å². The van der Waals surface area contributed by atoms with Crippen LogP contribution in [0, 0.1) is 12.7 Å². The van der Waals surface area contributed by atoms with Gasteiger partial charge in [-0.1, -0.05) is 49.6 Å². The topological polar surface area (TPSA) is 88.2 Å². The van der Waals surface area contributed by atoms with Crippen LogP contribution >= 0.6 is 0 Å². The lowest BCUT2D eigenvalue weighted by Gasteiger charge is -2.22. The number of halogens is 1. The van der Waals surface area contributed by atoms with Crippen LogP contribution in [0.15, 0.2) is 36.4 Å². The average Bonchev–Trinajstić information content (AvgIpc) is 2.69. The van der Waals surface area contributed by atoms with Crippen molar-refractivity contribution < 1.29 is 17.6 Å². The molecule has 1 amide bonds. The summed E-state index contributed by atoms with van der Waals surface area (Å²) in [6, 6.07) is 10.4. The molecule has 0 atom stereocenters. The van der Waals surface area contributed by atoms with Crippen LogP contribution in [0.2, 0.25) is 0 Å². The summed E-state index contributed by atoms with van der Waals surface area (Å²) in [4.78, 5) is 18.7. The number of aryl methyl sites for hydroxylation is 1. The minimum atomic E-state index is -3.69. The molecule has 8 heteroatoms. The van der Waals surface area contributed by atoms with Gasteiger partial charge >= 0.3 is 0 Å². The van der Waals surface area contributed by atoms with Crippen molar-refractivity contribution in [2.45, 2.75) is 44.3 Å². The van der Waals surface area contributed by atoms with Crippen LogP contribution in [0.1, 0.15) is 48.2 Å². The van der Waals surface area contributed by atoms with E-state index in [1.165, 1.54) is 13.0 Å². The lowest BCUT2D eigenvalue weighted by molar-refractivity contribution is 0.0940. The maximum atomic E-state index is 14.4. The van der Waals surface area contributed by atoms with Gasteiger partial charge in [0.2, 0.25) is 10.0 Å². The zero-order valence-corrected chi connectivity index (χ0v) is 15.9. The molecule has 1 aromatic heterocycles. The third-order valence-corrected chi connectivity index (χ3v) is 6.47. The van der Waals surface area contributed by atoms with E-state index in [1.54, 1.807) is 12.1 Å². The average molecular weight is 391 g/mol. The van der Waals surface area contributed by atoms with Gasteiger partial charge in [-0.3, -0.25) is 15.2 Å². The first-order chi connectivity index (χ1) is 12.9. The van der Waals surface area contributed by atoms with Crippen LogP contribution in [0.25, 0.3) is 11.3 Å². The van der Waals surface area contributed by atoms with E-state index in [1.807, 2.05) is 18.2 Å². The molecule has 1 aliphatic rings. The molecule has 0 radical (unpaired) electrons. The highest BCUT2D eigenvalue weighted by atomic mass is 32.2. The van der Waals surface area contributed by atoms with Gasteiger partial charge in [-0.2, -0.15) is 0 Å². The normalized spacial score (nSPS) is 15.5. The second-order valence-corrected chi connectivity index (χ2v) is 8.64. The fourth-order valence-corrected chi connectivity index (χ4v) is 4.58. The van der Waals surface area contributed by atoms with Crippen LogP contribution in [0.5, 0.6) is 0 Å². The second-order valence-electron chi connectivity index (χ2n) is 6.68. The van der Waals surface area contributed by atoms with Crippen LogP contribution in [-0.4, -0.2) is 24.6 Å². The Hall–Kier alpha value is -2.32. The van der Waals surface area contributed by atoms with Crippen LogP contribution in [0.3, 0.4) is 0 Å². The predicted molar refractivity (Wildman–Crippen MR) is 101 cm³/mol. The van der Waals surface area contributed by atoms with E-state index < -0.39 is 27.0 Å². The lowest BCUT2D eigenvalue weighted by Crippen LogP contribution is -2.46. The van der Waals surface area contributed by atoms with Crippen LogP contribution in [0.4, 0.5) is 4.39 Å². The zero-order chi connectivity index (χ0) is 19.4. The summed E-state index contributed by atoms with van der Waals surface area (Å²) in [6.45, 7) is 1.46. The molecule has 3 rings (SSSR count). The smallest absolute Gasteiger partial charge is 0.269 e. The van der Waals surface area contributed by atoms with Gasteiger partial charge in [-0.25, -0.2) is 12.8 Å². The van der Waals surface area contributed by atoms with Gasteiger partial charge in [0, 0.05) is 5.56 Å². The molecule has 27 heavy (non-hydrogen) atoms. The Morgan fingerprint density at radius 3 is 2.48 bits per heavy atom. The molecule has 1 aromatic carbocycles. The number of benzene rings is 1. The molecule has 144 valence electrons. The zero-order valence-electron chi connectivity index (χ0n) is 15.0. The number of hydrogen-bond acceptors (Lipinski definition) is 4. The molecular weight excluding hydrogens is 369 g/mol. The Labute approximate surface area is 158 Å². The first-order valence-electron chi connectivity index (χ1n) is 8.92. The molecule has 1 aliphatic carbocycles. The van der Waals surface area contributed by atoms with Crippen molar-refractivity contribution >= 4 is 15.9 Å². The molecule has 0 saturated heterocycles. The summed E-state index contributed by atoms with van der Waals surface area (Å²) >= 11 is 0. The van der Waals surface area contributed by atoms with Gasteiger partial charge in [-0.05, 0) is 25.8 Å². The van der Waals surface area contributed by atoms with Gasteiger partial charge < -0.3 is 0 Å². The summed E-state index contributed by atoms with van der Waals surface area (Å²) in [5.41, 5.74) is 3.12. The van der Waals surface area contributed by atoms with Gasteiger partial charge in [0.05, 0.1) is 22.2 Å². The molecule has 1 heterocycles. The van der Waals surface area contributed by atoms with E-state index in [0.29, 0.717) is 18.5 Å². The Morgan fingerprint density at radius 2 is 1.81 bits per heavy atom. The molecule has 2 aromatic rings. The van der Waals surface area contributed by atoms with Crippen molar-refractivity contribution in [2.24, 2.45) is 0 Å². The first kappa shape index (κ1) is 19.4. The van der Waals surface area contributed by atoms with E-state index in [2.05, 4.69) is 15.2 Å². The first-order valence-corrected chi connectivity index (χ1v) is 10.5. The van der Waals surface area contributed by atoms with Crippen LogP contribution in [-0.2, 0) is 10.0 Å². The number of rotatable bonds is 5. The monoisotopic (exact) mass is 391 g/mol. The number of amides is 1. The fraction of sp³-hybridized carbons (Fsp3) is 0.368. The number of carbonyl (C=O) groups excluding carboxylic acids is 1. The largest absolute Gasteiger partial charge is 0.274 e. The molecule has 2 N–H and O–H groups in total. The summed E-state index contributed by atoms with van der Waals surface area (Å²) < 4.78 is 39.1. The Kier molecular flexibility index (Phi) is 5.86. The van der Waals surface area contributed by atoms with Gasteiger partial charge in [0.15, 0.2) is 5.82 Å². The molecule has 0 spiro atoms. The molecule has 0 bridgehead atoms. The van der Waals surface area contributed by atoms with Crippen molar-refractivity contribution in [3.05, 3.63) is 53.5 Å². The second kappa shape index (κ2) is 8.14. The van der Waals surface area contributed by atoms with Crippen molar-refractivity contribution in [3.63, 3.8) is 0 Å². The summed E-state index contributed by atoms with van der Waals surface area (Å²) in [6.07, 6.45) is 3.83. The highest BCUT2D eigenvalue weighted by molar-refractivity contribution is 7.90. The van der Waals surface area contributed by atoms with Gasteiger partial charge in [-0.15, -0.1) is 4.83 Å². The summed E-state index contributed by atoms with van der Waals surface area (Å²) in [5.74, 6) is -1.63. The molecule has 1 saturated carbocycles. The maximum absolute atomic E-state index is 14.4. The molecule has 1 fully saturated rings. The van der Waals surface area contributed by atoms with E-state index in [9.17, 15) is 17.6 Å². The Balaban J connectivity index is 1.79. The summed E-state index contributed by atoms with van der Waals surface area (Å²) in [7, 11) is -3.69. The van der Waals surface area contributed by atoms with E-state index >= 15 is 0 Å². The molecule has 0 aliphatic heterocycles. The third-order valence-electron chi connectivity index (χ3n) is 4.74. The Bertz CT molecular complexity index is 927. The minimum absolute atomic E-state index is 0.0663. The number of sulfonamides is 1. The van der Waals surface area contributed by atoms with E-state index in [0.717, 1.165) is 24.8 Å². The molecule has 6 nitrogen and oxygen atoms in total. The fourth-order valence-electron chi connectivity index (χ4n) is 3.22. The highest BCUT2D eigenvalue weighted by Gasteiger charge is 2.28. The quantitative estimate of drug-likeness (QED) is 0.767. The van der Waals surface area contributed by atoms with Crippen LogP contribution < -0.4 is 10.3 Å². The molecule has 0 unspecified atom stereocenters. The number of carbonyl (C=O) groups is 1. The maximum Gasteiger partial charge on any atom is 0.269 e. The van der Waals surface area contributed by atoms with Gasteiger partial charge in [0.1, 0.15) is 0 Å². The predicted octanol–water partition coefficient (Wildman–Crippen LogP) is 3.09. The van der Waals surface area contributed by atoms with Crippen molar-refractivity contribution in [1.82, 2.24) is 15.2 Å². The SMILES string of the molecule is Cc1nc(-c2ccccc2)cc(C(=O)NNS(=O)(=O)C2CCCCC2)c1F. The number of hydrazine groups is 1. The number of nitrogens with zero attached hydrogens (tertiary/aromatic N) is 1. The third kappa shape index (κ3) is 4.51. The van der Waals surface area contributed by atoms with E-state index in [-0.39, 0.29) is 11.3 Å². The van der Waals surface area contributed by atoms with Crippen molar-refractivity contribution in [2.75, 3.05) is 0 Å². The number of aromatic nitrogens is 1. The Morgan fingerprint density at radius 1 is 1.15 bits per heavy atom. The summed E-state index contributed by atoms with van der Waals surface area (Å²) in [5, 5.41) is -0.532. The van der Waals surface area contributed by atoms with Crippen molar-refractivity contribution in [1.29, 1.82) is 0 Å². The number of nitrogens with one attached hydrogen (secondary N) is 2.